The van der Waals surface area contributed by atoms with Crippen LogP contribution < -0.4 is 5.32 Å². The summed E-state index contributed by atoms with van der Waals surface area (Å²) in [5, 5.41) is 3.23. The van der Waals surface area contributed by atoms with Crippen LogP contribution in [0.25, 0.3) is 0 Å². The van der Waals surface area contributed by atoms with E-state index in [9.17, 15) is 8.42 Å². The Balaban J connectivity index is 0.00000162. The molecule has 1 N–H and O–H groups in total. The minimum Gasteiger partial charge on any atom is -0.315 e. The van der Waals surface area contributed by atoms with E-state index in [1.165, 1.54) is 12.8 Å². The quantitative estimate of drug-likeness (QED) is 0.812. The highest BCUT2D eigenvalue weighted by Gasteiger charge is 2.33. The summed E-state index contributed by atoms with van der Waals surface area (Å²) in [7, 11) is -3.23. The highest BCUT2D eigenvalue weighted by molar-refractivity contribution is 7.86. The lowest BCUT2D eigenvalue weighted by Gasteiger charge is -2.28. The number of nitrogens with one attached hydrogen (secondary N) is 1. The third-order valence-electron chi connectivity index (χ3n) is 3.46. The summed E-state index contributed by atoms with van der Waals surface area (Å²) in [6, 6.07) is 0. The molecule has 5 nitrogen and oxygen atoms in total. The Bertz CT molecular complexity index is 330. The molecule has 0 aromatic heterocycles. The predicted molar refractivity (Wildman–Crippen MR) is 75.2 cm³/mol. The molecule has 0 unspecified atom stereocenters. The molecule has 0 radical (unpaired) electrons. The molecule has 1 aliphatic heterocycles. The molecule has 7 heteroatoms. The van der Waals surface area contributed by atoms with Gasteiger partial charge in [-0.25, -0.2) is 0 Å². The number of hydrogen-bond donors (Lipinski definition) is 1. The molecule has 18 heavy (non-hydrogen) atoms. The number of nitrogens with zero attached hydrogens (tertiary/aromatic N) is 2. The molecule has 0 bridgehead atoms. The largest absolute Gasteiger partial charge is 0.315 e. The fraction of sp³-hybridized carbons (Fsp3) is 1.00. The second kappa shape index (κ2) is 7.05. The van der Waals surface area contributed by atoms with Gasteiger partial charge in [0, 0.05) is 32.7 Å². The monoisotopic (exact) mass is 297 g/mol. The molecule has 1 saturated carbocycles. The van der Waals surface area contributed by atoms with Gasteiger partial charge < -0.3 is 5.32 Å². The van der Waals surface area contributed by atoms with E-state index in [0.29, 0.717) is 32.1 Å². The van der Waals surface area contributed by atoms with E-state index in [0.717, 1.165) is 19.5 Å². The molecule has 0 amide bonds. The first-order valence-corrected chi connectivity index (χ1v) is 8.00. The van der Waals surface area contributed by atoms with Gasteiger partial charge in [0.25, 0.3) is 10.2 Å². The third-order valence-corrected chi connectivity index (χ3v) is 5.54. The van der Waals surface area contributed by atoms with Crippen molar-refractivity contribution < 1.29 is 8.42 Å². The SMILES string of the molecule is CCN(CC1CC1)S(=O)(=O)N1CCCNCC1.Cl. The molecule has 0 spiro atoms. The van der Waals surface area contributed by atoms with Crippen LogP contribution in [-0.2, 0) is 10.2 Å². The summed E-state index contributed by atoms with van der Waals surface area (Å²) < 4.78 is 28.2. The molecular formula is C11H24ClN3O2S. The maximum absolute atomic E-state index is 12.5. The van der Waals surface area contributed by atoms with Crippen LogP contribution >= 0.6 is 12.4 Å². The first-order chi connectivity index (χ1) is 8.14. The van der Waals surface area contributed by atoms with Gasteiger partial charge in [-0.3, -0.25) is 0 Å². The van der Waals surface area contributed by atoms with E-state index < -0.39 is 10.2 Å². The lowest BCUT2D eigenvalue weighted by Crippen LogP contribution is -2.45. The maximum Gasteiger partial charge on any atom is 0.282 e. The highest BCUT2D eigenvalue weighted by atomic mass is 35.5. The van der Waals surface area contributed by atoms with Crippen LogP contribution in [0.5, 0.6) is 0 Å². The highest BCUT2D eigenvalue weighted by Crippen LogP contribution is 2.30. The number of rotatable bonds is 5. The molecule has 2 rings (SSSR count). The fourth-order valence-corrected chi connectivity index (χ4v) is 3.92. The van der Waals surface area contributed by atoms with Gasteiger partial charge in [-0.05, 0) is 31.7 Å². The lowest BCUT2D eigenvalue weighted by molar-refractivity contribution is 0.343. The second-order valence-corrected chi connectivity index (χ2v) is 6.83. The Morgan fingerprint density at radius 1 is 1.28 bits per heavy atom. The van der Waals surface area contributed by atoms with Crippen LogP contribution in [0.3, 0.4) is 0 Å². The average molecular weight is 298 g/mol. The van der Waals surface area contributed by atoms with E-state index in [-0.39, 0.29) is 12.4 Å². The van der Waals surface area contributed by atoms with Crippen LogP contribution in [-0.4, -0.2) is 56.3 Å². The van der Waals surface area contributed by atoms with Gasteiger partial charge in [-0.2, -0.15) is 17.0 Å². The molecule has 1 aliphatic carbocycles. The molecule has 0 aromatic carbocycles. The zero-order valence-corrected chi connectivity index (χ0v) is 12.6. The molecule has 2 aliphatic rings. The second-order valence-electron chi connectivity index (χ2n) is 4.90. The van der Waals surface area contributed by atoms with Crippen LogP contribution in [0.15, 0.2) is 0 Å². The molecular weight excluding hydrogens is 274 g/mol. The zero-order valence-electron chi connectivity index (χ0n) is 11.0. The summed E-state index contributed by atoms with van der Waals surface area (Å²) in [6.07, 6.45) is 3.28. The van der Waals surface area contributed by atoms with Gasteiger partial charge in [-0.1, -0.05) is 6.92 Å². The van der Waals surface area contributed by atoms with Gasteiger partial charge in [-0.15, -0.1) is 12.4 Å². The molecule has 1 saturated heterocycles. The Hall–Kier alpha value is 0.120. The van der Waals surface area contributed by atoms with E-state index in [2.05, 4.69) is 5.32 Å². The number of halogens is 1. The smallest absolute Gasteiger partial charge is 0.282 e. The van der Waals surface area contributed by atoms with Crippen LogP contribution in [0.1, 0.15) is 26.2 Å². The molecule has 108 valence electrons. The summed E-state index contributed by atoms with van der Waals surface area (Å²) >= 11 is 0. The van der Waals surface area contributed by atoms with Crippen LogP contribution in [0.4, 0.5) is 0 Å². The minimum atomic E-state index is -3.23. The van der Waals surface area contributed by atoms with Gasteiger partial charge in [0.1, 0.15) is 0 Å². The third kappa shape index (κ3) is 4.06. The van der Waals surface area contributed by atoms with Crippen molar-refractivity contribution in [3.8, 4) is 0 Å². The average Bonchev–Trinajstić information content (AvgIpc) is 3.12. The van der Waals surface area contributed by atoms with E-state index >= 15 is 0 Å². The maximum atomic E-state index is 12.5. The van der Waals surface area contributed by atoms with Crippen LogP contribution in [0.2, 0.25) is 0 Å². The Kier molecular flexibility index (Phi) is 6.34. The Labute approximate surface area is 116 Å². The van der Waals surface area contributed by atoms with Gasteiger partial charge >= 0.3 is 0 Å². The standard InChI is InChI=1S/C11H23N3O2S.ClH/c1-2-13(10-11-4-5-11)17(15,16)14-8-3-6-12-7-9-14;/h11-12H,2-10H2,1H3;1H. The molecule has 0 atom stereocenters. The minimum absolute atomic E-state index is 0. The van der Waals surface area contributed by atoms with E-state index in [4.69, 9.17) is 0 Å². The van der Waals surface area contributed by atoms with E-state index in [1.807, 2.05) is 6.92 Å². The van der Waals surface area contributed by atoms with E-state index in [1.54, 1.807) is 8.61 Å². The Morgan fingerprint density at radius 2 is 2.00 bits per heavy atom. The van der Waals surface area contributed by atoms with Crippen molar-refractivity contribution >= 4 is 22.6 Å². The summed E-state index contributed by atoms with van der Waals surface area (Å²) in [6.45, 7) is 6.16. The molecule has 2 fully saturated rings. The van der Waals surface area contributed by atoms with Gasteiger partial charge in [0.05, 0.1) is 0 Å². The number of hydrogen-bond acceptors (Lipinski definition) is 3. The first kappa shape index (κ1) is 16.2. The van der Waals surface area contributed by atoms with Gasteiger partial charge in [0.2, 0.25) is 0 Å². The van der Waals surface area contributed by atoms with Crippen molar-refractivity contribution in [1.82, 2.24) is 13.9 Å². The lowest BCUT2D eigenvalue weighted by atomic mass is 10.4. The van der Waals surface area contributed by atoms with Crippen molar-refractivity contribution in [2.24, 2.45) is 5.92 Å². The predicted octanol–water partition coefficient (Wildman–Crippen LogP) is 0.680. The van der Waals surface area contributed by atoms with Crippen molar-refractivity contribution in [3.63, 3.8) is 0 Å². The summed E-state index contributed by atoms with van der Waals surface area (Å²) in [5.74, 6) is 0.606. The fourth-order valence-electron chi connectivity index (χ4n) is 2.19. The summed E-state index contributed by atoms with van der Waals surface area (Å²) in [4.78, 5) is 0. The van der Waals surface area contributed by atoms with Crippen LogP contribution in [0, 0.1) is 5.92 Å². The zero-order chi connectivity index (χ0) is 12.3. The van der Waals surface area contributed by atoms with Crippen molar-refractivity contribution in [1.29, 1.82) is 0 Å². The first-order valence-electron chi connectivity index (χ1n) is 6.60. The Morgan fingerprint density at radius 3 is 2.61 bits per heavy atom. The van der Waals surface area contributed by atoms with Gasteiger partial charge in [0.15, 0.2) is 0 Å². The van der Waals surface area contributed by atoms with Crippen molar-refractivity contribution in [2.75, 3.05) is 39.3 Å². The van der Waals surface area contributed by atoms with Crippen molar-refractivity contribution in [2.45, 2.75) is 26.2 Å². The topological polar surface area (TPSA) is 52.7 Å². The van der Waals surface area contributed by atoms with Crippen molar-refractivity contribution in [3.05, 3.63) is 0 Å². The normalized spacial score (nSPS) is 22.6. The summed E-state index contributed by atoms with van der Waals surface area (Å²) in [5.41, 5.74) is 0. The molecule has 1 heterocycles. The molecule has 0 aromatic rings.